The Balaban J connectivity index is 0.000000704. The maximum absolute atomic E-state index is 2.68. The van der Waals surface area contributed by atoms with Gasteiger partial charge in [0.25, 0.3) is 0 Å². The second-order valence-electron chi connectivity index (χ2n) is 6.07. The summed E-state index contributed by atoms with van der Waals surface area (Å²) in [6, 6.07) is 11.0. The molecule has 3 rings (SSSR count). The number of rotatable bonds is 3. The second-order valence-corrected chi connectivity index (χ2v) is 6.07. The summed E-state index contributed by atoms with van der Waals surface area (Å²) in [5.74, 6) is 1.73. The Hall–Kier alpha value is -0.860. The van der Waals surface area contributed by atoms with E-state index in [0.29, 0.717) is 0 Å². The van der Waals surface area contributed by atoms with Crippen LogP contribution < -0.4 is 0 Å². The van der Waals surface area contributed by atoms with Gasteiger partial charge in [0, 0.05) is 19.6 Å². The van der Waals surface area contributed by atoms with Crippen LogP contribution in [0.3, 0.4) is 0 Å². The lowest BCUT2D eigenvalue weighted by Gasteiger charge is -2.41. The summed E-state index contributed by atoms with van der Waals surface area (Å²) in [7, 11) is 2.22. The minimum absolute atomic E-state index is 0.798. The van der Waals surface area contributed by atoms with Crippen molar-refractivity contribution in [2.75, 3.05) is 39.8 Å². The van der Waals surface area contributed by atoms with Crippen LogP contribution in [0.2, 0.25) is 0 Å². The van der Waals surface area contributed by atoms with Gasteiger partial charge in [0.05, 0.1) is 0 Å². The number of nitrogens with zero attached hydrogens (tertiary/aromatic N) is 2. The maximum Gasteiger partial charge on any atom is 0.00342 e. The predicted octanol–water partition coefficient (Wildman–Crippen LogP) is 3.45. The van der Waals surface area contributed by atoms with Gasteiger partial charge in [-0.2, -0.15) is 0 Å². The van der Waals surface area contributed by atoms with Crippen molar-refractivity contribution in [1.82, 2.24) is 9.80 Å². The normalized spacial score (nSPS) is 21.9. The van der Waals surface area contributed by atoms with E-state index >= 15 is 0 Å². The van der Waals surface area contributed by atoms with E-state index < -0.39 is 0 Å². The van der Waals surface area contributed by atoms with Gasteiger partial charge in [-0.1, -0.05) is 44.2 Å². The molecule has 2 heterocycles. The molecule has 1 aromatic rings. The highest BCUT2D eigenvalue weighted by Crippen LogP contribution is 2.28. The fraction of sp³-hybridized carbons (Fsp3) is 0.667. The maximum atomic E-state index is 2.68. The average molecular weight is 274 g/mol. The molecule has 112 valence electrons. The molecule has 0 spiro atoms. The molecule has 2 aliphatic rings. The first-order chi connectivity index (χ1) is 9.81. The number of likely N-dealkylation sites (tertiary alicyclic amines) is 2. The summed E-state index contributed by atoms with van der Waals surface area (Å²) in [4.78, 5) is 5.10. The fourth-order valence-corrected chi connectivity index (χ4v) is 3.48. The molecular weight excluding hydrogens is 244 g/mol. The van der Waals surface area contributed by atoms with Crippen LogP contribution >= 0.6 is 0 Å². The quantitative estimate of drug-likeness (QED) is 0.833. The minimum Gasteiger partial charge on any atom is -0.306 e. The van der Waals surface area contributed by atoms with Gasteiger partial charge < -0.3 is 9.80 Å². The molecule has 0 atom stereocenters. The fourth-order valence-electron chi connectivity index (χ4n) is 3.48. The minimum atomic E-state index is 0.798. The van der Waals surface area contributed by atoms with Gasteiger partial charge in [-0.25, -0.2) is 0 Å². The highest BCUT2D eigenvalue weighted by atomic mass is 15.2. The zero-order valence-electron chi connectivity index (χ0n) is 13.4. The molecular formula is C18H30N2. The highest BCUT2D eigenvalue weighted by molar-refractivity contribution is 5.20. The topological polar surface area (TPSA) is 6.48 Å². The Morgan fingerprint density at radius 2 is 1.60 bits per heavy atom. The van der Waals surface area contributed by atoms with Crippen LogP contribution in [-0.2, 0) is 0 Å². The summed E-state index contributed by atoms with van der Waals surface area (Å²) >= 11 is 0. The average Bonchev–Trinajstić information content (AvgIpc) is 2.49. The van der Waals surface area contributed by atoms with Crippen molar-refractivity contribution >= 4 is 0 Å². The third kappa shape index (κ3) is 4.07. The van der Waals surface area contributed by atoms with Crippen LogP contribution in [0.5, 0.6) is 0 Å². The Labute approximate surface area is 124 Å². The lowest BCUT2D eigenvalue weighted by molar-refractivity contribution is 0.0798. The molecule has 0 saturated carbocycles. The summed E-state index contributed by atoms with van der Waals surface area (Å²) in [5.41, 5.74) is 1.54. The molecule has 0 amide bonds. The van der Waals surface area contributed by atoms with Gasteiger partial charge in [-0.05, 0) is 50.4 Å². The number of piperidine rings is 1. The smallest absolute Gasteiger partial charge is 0.00342 e. The molecule has 1 aromatic carbocycles. The molecule has 0 radical (unpaired) electrons. The van der Waals surface area contributed by atoms with E-state index in [-0.39, 0.29) is 0 Å². The number of hydrogen-bond donors (Lipinski definition) is 0. The monoisotopic (exact) mass is 274 g/mol. The first kappa shape index (κ1) is 15.5. The van der Waals surface area contributed by atoms with E-state index in [2.05, 4.69) is 47.2 Å². The standard InChI is InChI=1S/C16H24N2.C2H6/c1-17-11-14(12-17)13-18-9-7-16(8-10-18)15-5-3-2-4-6-15;1-2/h2-6,14,16H,7-13H2,1H3;1-2H3. The largest absolute Gasteiger partial charge is 0.306 e. The van der Waals surface area contributed by atoms with E-state index in [1.165, 1.54) is 45.6 Å². The van der Waals surface area contributed by atoms with E-state index in [4.69, 9.17) is 0 Å². The van der Waals surface area contributed by atoms with E-state index in [1.807, 2.05) is 13.8 Å². The predicted molar refractivity (Wildman–Crippen MR) is 87.2 cm³/mol. The summed E-state index contributed by atoms with van der Waals surface area (Å²) < 4.78 is 0. The van der Waals surface area contributed by atoms with Crippen molar-refractivity contribution < 1.29 is 0 Å². The molecule has 2 aliphatic heterocycles. The van der Waals surface area contributed by atoms with Gasteiger partial charge in [0.2, 0.25) is 0 Å². The molecule has 0 bridgehead atoms. The SMILES string of the molecule is CC.CN1CC(CN2CCC(c3ccccc3)CC2)C1. The third-order valence-corrected chi connectivity index (χ3v) is 4.51. The molecule has 2 heteroatoms. The van der Waals surface area contributed by atoms with Crippen molar-refractivity contribution in [3.05, 3.63) is 35.9 Å². The van der Waals surface area contributed by atoms with Crippen molar-refractivity contribution in [2.45, 2.75) is 32.6 Å². The first-order valence-corrected chi connectivity index (χ1v) is 8.27. The van der Waals surface area contributed by atoms with Crippen LogP contribution in [0.1, 0.15) is 38.2 Å². The summed E-state index contributed by atoms with van der Waals surface area (Å²) in [5, 5.41) is 0. The van der Waals surface area contributed by atoms with E-state index in [1.54, 1.807) is 5.56 Å². The van der Waals surface area contributed by atoms with Crippen LogP contribution in [0.15, 0.2) is 30.3 Å². The van der Waals surface area contributed by atoms with E-state index in [9.17, 15) is 0 Å². The Morgan fingerprint density at radius 1 is 1.00 bits per heavy atom. The van der Waals surface area contributed by atoms with Crippen molar-refractivity contribution in [1.29, 1.82) is 0 Å². The molecule has 0 N–H and O–H groups in total. The lowest BCUT2D eigenvalue weighted by Crippen LogP contribution is -2.50. The zero-order valence-corrected chi connectivity index (χ0v) is 13.4. The number of benzene rings is 1. The van der Waals surface area contributed by atoms with Gasteiger partial charge in [-0.15, -0.1) is 0 Å². The Bertz CT molecular complexity index is 362. The van der Waals surface area contributed by atoms with Gasteiger partial charge >= 0.3 is 0 Å². The van der Waals surface area contributed by atoms with Crippen LogP contribution in [-0.4, -0.2) is 49.6 Å². The molecule has 20 heavy (non-hydrogen) atoms. The molecule has 0 unspecified atom stereocenters. The van der Waals surface area contributed by atoms with Crippen molar-refractivity contribution in [2.24, 2.45) is 5.92 Å². The third-order valence-electron chi connectivity index (χ3n) is 4.51. The summed E-state index contributed by atoms with van der Waals surface area (Å²) in [6.45, 7) is 10.5. The van der Waals surface area contributed by atoms with Gasteiger partial charge in [-0.3, -0.25) is 0 Å². The molecule has 2 fully saturated rings. The Morgan fingerprint density at radius 3 is 2.15 bits per heavy atom. The lowest BCUT2D eigenvalue weighted by atomic mass is 9.89. The number of hydrogen-bond acceptors (Lipinski definition) is 2. The highest BCUT2D eigenvalue weighted by Gasteiger charge is 2.27. The van der Waals surface area contributed by atoms with Crippen molar-refractivity contribution in [3.63, 3.8) is 0 Å². The molecule has 2 saturated heterocycles. The van der Waals surface area contributed by atoms with Crippen LogP contribution in [0, 0.1) is 5.92 Å². The van der Waals surface area contributed by atoms with Crippen LogP contribution in [0.4, 0.5) is 0 Å². The van der Waals surface area contributed by atoms with Gasteiger partial charge in [0.15, 0.2) is 0 Å². The first-order valence-electron chi connectivity index (χ1n) is 8.27. The second kappa shape index (κ2) is 7.80. The van der Waals surface area contributed by atoms with Crippen LogP contribution in [0.25, 0.3) is 0 Å². The molecule has 0 aromatic heterocycles. The van der Waals surface area contributed by atoms with Crippen molar-refractivity contribution in [3.8, 4) is 0 Å². The van der Waals surface area contributed by atoms with Gasteiger partial charge in [0.1, 0.15) is 0 Å². The van der Waals surface area contributed by atoms with E-state index in [0.717, 1.165) is 11.8 Å². The Kier molecular flexibility index (Phi) is 6.06. The molecule has 2 nitrogen and oxygen atoms in total. The zero-order chi connectivity index (χ0) is 14.4. The molecule has 0 aliphatic carbocycles. The summed E-state index contributed by atoms with van der Waals surface area (Å²) in [6.07, 6.45) is 2.68.